The van der Waals surface area contributed by atoms with E-state index in [1.54, 1.807) is 4.90 Å². The van der Waals surface area contributed by atoms with Gasteiger partial charge in [-0.25, -0.2) is 8.78 Å². The first-order valence-electron chi connectivity index (χ1n) is 6.84. The maximum Gasteiger partial charge on any atom is 0.249 e. The summed E-state index contributed by atoms with van der Waals surface area (Å²) in [5, 5.41) is 10.1. The standard InChI is InChI=1S/C16H13F2N5/c1-23(11-6-3-2-4-7-11)14-10-19-22-16(20-14)21-15-12(17)8-5-9-13(15)18/h2-10H,1H3,(H,20,21,22). The summed E-state index contributed by atoms with van der Waals surface area (Å²) in [6.45, 7) is 0. The van der Waals surface area contributed by atoms with E-state index in [1.165, 1.54) is 12.3 Å². The second-order valence-corrected chi connectivity index (χ2v) is 4.75. The summed E-state index contributed by atoms with van der Waals surface area (Å²) < 4.78 is 27.3. The summed E-state index contributed by atoms with van der Waals surface area (Å²) >= 11 is 0. The van der Waals surface area contributed by atoms with Crippen molar-refractivity contribution < 1.29 is 8.78 Å². The topological polar surface area (TPSA) is 53.9 Å². The van der Waals surface area contributed by atoms with Crippen LogP contribution in [0.4, 0.5) is 31.9 Å². The number of nitrogens with one attached hydrogen (secondary N) is 1. The highest BCUT2D eigenvalue weighted by molar-refractivity contribution is 5.60. The van der Waals surface area contributed by atoms with Gasteiger partial charge in [0.25, 0.3) is 0 Å². The molecule has 5 nitrogen and oxygen atoms in total. The van der Waals surface area contributed by atoms with Crippen LogP contribution in [0.15, 0.2) is 54.7 Å². The van der Waals surface area contributed by atoms with Gasteiger partial charge in [0.2, 0.25) is 5.95 Å². The molecule has 0 bridgehead atoms. The lowest BCUT2D eigenvalue weighted by Gasteiger charge is -2.18. The van der Waals surface area contributed by atoms with Crippen molar-refractivity contribution >= 4 is 23.1 Å². The normalized spacial score (nSPS) is 10.4. The molecule has 1 aromatic heterocycles. The third kappa shape index (κ3) is 3.23. The Morgan fingerprint density at radius 3 is 2.35 bits per heavy atom. The van der Waals surface area contributed by atoms with Gasteiger partial charge in [-0.15, -0.1) is 5.10 Å². The van der Waals surface area contributed by atoms with E-state index < -0.39 is 11.6 Å². The Kier molecular flexibility index (Phi) is 4.09. The molecule has 0 fully saturated rings. The van der Waals surface area contributed by atoms with Crippen molar-refractivity contribution in [1.82, 2.24) is 15.2 Å². The molecule has 0 spiro atoms. The zero-order valence-corrected chi connectivity index (χ0v) is 12.2. The molecule has 3 rings (SSSR count). The number of para-hydroxylation sites is 2. The highest BCUT2D eigenvalue weighted by atomic mass is 19.1. The molecule has 0 aliphatic carbocycles. The van der Waals surface area contributed by atoms with E-state index in [9.17, 15) is 8.78 Å². The molecular weight excluding hydrogens is 300 g/mol. The smallest absolute Gasteiger partial charge is 0.249 e. The minimum absolute atomic E-state index is 0.00859. The summed E-state index contributed by atoms with van der Waals surface area (Å²) in [6, 6.07) is 13.1. The predicted octanol–water partition coefficient (Wildman–Crippen LogP) is 3.66. The fourth-order valence-electron chi connectivity index (χ4n) is 2.02. The number of nitrogens with zero attached hydrogens (tertiary/aromatic N) is 4. The lowest BCUT2D eigenvalue weighted by Crippen LogP contribution is -2.13. The number of halogens is 2. The summed E-state index contributed by atoms with van der Waals surface area (Å²) in [4.78, 5) is 6.02. The summed E-state index contributed by atoms with van der Waals surface area (Å²) in [7, 11) is 1.81. The van der Waals surface area contributed by atoms with E-state index in [0.29, 0.717) is 5.82 Å². The van der Waals surface area contributed by atoms with Gasteiger partial charge in [-0.3, -0.25) is 0 Å². The van der Waals surface area contributed by atoms with Gasteiger partial charge in [0, 0.05) is 12.7 Å². The van der Waals surface area contributed by atoms with Crippen molar-refractivity contribution in [3.8, 4) is 0 Å². The minimum Gasteiger partial charge on any atom is -0.328 e. The van der Waals surface area contributed by atoms with Gasteiger partial charge in [-0.1, -0.05) is 24.3 Å². The molecule has 3 aromatic rings. The van der Waals surface area contributed by atoms with E-state index in [-0.39, 0.29) is 11.6 Å². The summed E-state index contributed by atoms with van der Waals surface area (Å²) in [6.07, 6.45) is 1.47. The third-order valence-electron chi connectivity index (χ3n) is 3.23. The van der Waals surface area contributed by atoms with Crippen LogP contribution in [0.25, 0.3) is 0 Å². The zero-order chi connectivity index (χ0) is 16.2. The van der Waals surface area contributed by atoms with Crippen molar-refractivity contribution in [1.29, 1.82) is 0 Å². The quantitative estimate of drug-likeness (QED) is 0.796. The largest absolute Gasteiger partial charge is 0.328 e. The average Bonchev–Trinajstić information content (AvgIpc) is 2.59. The van der Waals surface area contributed by atoms with Crippen LogP contribution in [0.2, 0.25) is 0 Å². The van der Waals surface area contributed by atoms with E-state index in [2.05, 4.69) is 20.5 Å². The monoisotopic (exact) mass is 313 g/mol. The second-order valence-electron chi connectivity index (χ2n) is 4.75. The first-order valence-corrected chi connectivity index (χ1v) is 6.84. The number of hydrogen-bond donors (Lipinski definition) is 1. The average molecular weight is 313 g/mol. The molecule has 0 aliphatic rings. The van der Waals surface area contributed by atoms with E-state index in [4.69, 9.17) is 0 Å². The van der Waals surface area contributed by atoms with Crippen LogP contribution in [-0.2, 0) is 0 Å². The van der Waals surface area contributed by atoms with Gasteiger partial charge in [0.1, 0.15) is 17.3 Å². The Labute approximate surface area is 131 Å². The van der Waals surface area contributed by atoms with Gasteiger partial charge in [0.05, 0.1) is 6.20 Å². The lowest BCUT2D eigenvalue weighted by molar-refractivity contribution is 0.590. The molecule has 1 heterocycles. The number of rotatable bonds is 4. The molecule has 0 aliphatic heterocycles. The molecule has 0 unspecified atom stereocenters. The molecule has 1 N–H and O–H groups in total. The Bertz CT molecular complexity index is 790. The fourth-order valence-corrected chi connectivity index (χ4v) is 2.02. The van der Waals surface area contributed by atoms with Crippen LogP contribution in [0, 0.1) is 11.6 Å². The first kappa shape index (κ1) is 14.8. The van der Waals surface area contributed by atoms with Crippen molar-refractivity contribution in [3.05, 3.63) is 66.4 Å². The first-order chi connectivity index (χ1) is 11.1. The van der Waals surface area contributed by atoms with Crippen LogP contribution >= 0.6 is 0 Å². The van der Waals surface area contributed by atoms with Crippen molar-refractivity contribution in [2.45, 2.75) is 0 Å². The highest BCUT2D eigenvalue weighted by Crippen LogP contribution is 2.24. The van der Waals surface area contributed by atoms with Gasteiger partial charge in [0.15, 0.2) is 5.82 Å². The molecule has 116 valence electrons. The summed E-state index contributed by atoms with van der Waals surface area (Å²) in [5.41, 5.74) is 0.588. The maximum atomic E-state index is 13.7. The molecule has 0 atom stereocenters. The summed E-state index contributed by atoms with van der Waals surface area (Å²) in [5.74, 6) is -0.953. The Hall–Kier alpha value is -3.09. The SMILES string of the molecule is CN(c1ccccc1)c1cnnc(Nc2c(F)cccc2F)n1. The van der Waals surface area contributed by atoms with Crippen LogP contribution in [0.3, 0.4) is 0 Å². The van der Waals surface area contributed by atoms with E-state index >= 15 is 0 Å². The van der Waals surface area contributed by atoms with Crippen LogP contribution < -0.4 is 10.2 Å². The second kappa shape index (κ2) is 6.35. The van der Waals surface area contributed by atoms with Gasteiger partial charge < -0.3 is 10.2 Å². The Morgan fingerprint density at radius 2 is 1.65 bits per heavy atom. The van der Waals surface area contributed by atoms with Crippen molar-refractivity contribution in [3.63, 3.8) is 0 Å². The maximum absolute atomic E-state index is 13.7. The molecule has 7 heteroatoms. The number of benzene rings is 2. The van der Waals surface area contributed by atoms with E-state index in [1.807, 2.05) is 37.4 Å². The number of aromatic nitrogens is 3. The molecule has 0 amide bonds. The van der Waals surface area contributed by atoms with Crippen LogP contribution in [0.5, 0.6) is 0 Å². The molecule has 0 saturated carbocycles. The van der Waals surface area contributed by atoms with E-state index in [0.717, 1.165) is 17.8 Å². The molecule has 0 radical (unpaired) electrons. The molecule has 2 aromatic carbocycles. The van der Waals surface area contributed by atoms with Crippen LogP contribution in [-0.4, -0.2) is 22.2 Å². The predicted molar refractivity (Wildman–Crippen MR) is 84.0 cm³/mol. The van der Waals surface area contributed by atoms with Crippen molar-refractivity contribution in [2.75, 3.05) is 17.3 Å². The van der Waals surface area contributed by atoms with Crippen LogP contribution in [0.1, 0.15) is 0 Å². The molecular formula is C16H13F2N5. The minimum atomic E-state index is -0.726. The number of hydrogen-bond acceptors (Lipinski definition) is 5. The lowest BCUT2D eigenvalue weighted by atomic mass is 10.3. The van der Waals surface area contributed by atoms with Gasteiger partial charge >= 0.3 is 0 Å². The Balaban J connectivity index is 1.89. The van der Waals surface area contributed by atoms with Crippen molar-refractivity contribution in [2.24, 2.45) is 0 Å². The Morgan fingerprint density at radius 1 is 0.957 bits per heavy atom. The van der Waals surface area contributed by atoms with Gasteiger partial charge in [-0.05, 0) is 24.3 Å². The molecule has 0 saturated heterocycles. The number of anilines is 4. The highest BCUT2D eigenvalue weighted by Gasteiger charge is 2.12. The third-order valence-corrected chi connectivity index (χ3v) is 3.23. The zero-order valence-electron chi connectivity index (χ0n) is 12.2. The fraction of sp³-hybridized carbons (Fsp3) is 0.0625. The molecule has 23 heavy (non-hydrogen) atoms. The van der Waals surface area contributed by atoms with Gasteiger partial charge in [-0.2, -0.15) is 10.1 Å².